The van der Waals surface area contributed by atoms with Crippen molar-refractivity contribution >= 4 is 39.9 Å². The van der Waals surface area contributed by atoms with Crippen LogP contribution in [0.25, 0.3) is 0 Å². The van der Waals surface area contributed by atoms with Gasteiger partial charge in [-0.25, -0.2) is 22.7 Å². The zero-order valence-electron chi connectivity index (χ0n) is 37.0. The summed E-state index contributed by atoms with van der Waals surface area (Å²) in [5.74, 6) is -1.70. The molecule has 16 nitrogen and oxygen atoms in total. The molecule has 0 saturated carbocycles. The lowest BCUT2D eigenvalue weighted by atomic mass is 9.86. The number of esters is 1. The first kappa shape index (κ1) is 50.2. The van der Waals surface area contributed by atoms with Crippen LogP contribution in [0.15, 0.2) is 47.9 Å². The number of guanidine groups is 1. The molecule has 2 aromatic carbocycles. The summed E-state index contributed by atoms with van der Waals surface area (Å²) >= 11 is 0. The van der Waals surface area contributed by atoms with Gasteiger partial charge in [-0.05, 0) is 134 Å². The number of carbonyl (C=O) groups is 4. The Morgan fingerprint density at radius 2 is 1.61 bits per heavy atom. The second-order valence-electron chi connectivity index (χ2n) is 16.7. The Bertz CT molecular complexity index is 1990. The number of benzene rings is 2. The fourth-order valence-corrected chi connectivity index (χ4v) is 8.35. The smallest absolute Gasteiger partial charge is 0.407 e. The average molecular weight is 870 g/mol. The van der Waals surface area contributed by atoms with E-state index >= 15 is 0 Å². The van der Waals surface area contributed by atoms with E-state index < -0.39 is 63.6 Å². The maximum atomic E-state index is 13.7. The number of sulfonamides is 1. The lowest BCUT2D eigenvalue weighted by molar-refractivity contribution is -0.149. The molecule has 0 fully saturated rings. The molecule has 0 aromatic heterocycles. The summed E-state index contributed by atoms with van der Waals surface area (Å²) in [4.78, 5) is 52.1. The Morgan fingerprint density at radius 1 is 0.951 bits per heavy atom. The van der Waals surface area contributed by atoms with Crippen LogP contribution in [0, 0.1) is 26.2 Å². The molecule has 1 heterocycles. The minimum atomic E-state index is -4.18. The van der Waals surface area contributed by atoms with Crippen LogP contribution >= 0.6 is 0 Å². The van der Waals surface area contributed by atoms with Crippen LogP contribution in [-0.2, 0) is 46.9 Å². The van der Waals surface area contributed by atoms with Crippen molar-refractivity contribution in [3.05, 3.63) is 70.8 Å². The summed E-state index contributed by atoms with van der Waals surface area (Å²) in [6, 6.07) is 5.82. The fraction of sp³-hybridized carbons (Fsp3) is 0.568. The molecule has 1 unspecified atom stereocenters. The van der Waals surface area contributed by atoms with Crippen LogP contribution in [0.4, 0.5) is 4.79 Å². The second kappa shape index (κ2) is 22.6. The molecular formula is C44H67N7O9S. The number of nitrogens with one attached hydrogen (secondary N) is 6. The first-order chi connectivity index (χ1) is 28.6. The van der Waals surface area contributed by atoms with Crippen molar-refractivity contribution in [1.82, 2.24) is 26.0 Å². The molecule has 0 bridgehead atoms. The van der Waals surface area contributed by atoms with E-state index in [-0.39, 0.29) is 49.3 Å². The Kier molecular flexibility index (Phi) is 18.6. The highest BCUT2D eigenvalue weighted by Gasteiger charge is 2.35. The number of carbonyl (C=O) groups excluding carboxylic acids is 4. The van der Waals surface area contributed by atoms with Crippen LogP contribution in [0.5, 0.6) is 5.75 Å². The van der Waals surface area contributed by atoms with Crippen molar-refractivity contribution in [2.75, 3.05) is 13.1 Å². The molecule has 1 aliphatic heterocycles. The third-order valence-electron chi connectivity index (χ3n) is 10.6. The Labute approximate surface area is 361 Å². The predicted octanol–water partition coefficient (Wildman–Crippen LogP) is 5.00. The highest BCUT2D eigenvalue weighted by molar-refractivity contribution is 7.90. The van der Waals surface area contributed by atoms with Crippen molar-refractivity contribution in [2.24, 2.45) is 5.73 Å². The standard InChI is InChI=1S/C44H67N7O9S/c1-10-18-35(40(54)58-27-31-19-13-12-14-20-31)50-39(53)34(49-38(52)33(45)21-15-16-25-48-42(55)60-43(6,7)8)22-17-26-47-41(46)51-61(56,57)37-29(4)28(3)36-32(30(37)5)23-24-44(9,11-2)59-36/h10,12-14,19-20,33-35H,1,11,15-18,21-27,45H2,2-9H3,(H,48,55)(H,49,52)(H,50,53)(H3,46,47,51)/t33-,34-,35+,44?/m1/s1. The minimum Gasteiger partial charge on any atom is -0.487 e. The molecular weight excluding hydrogens is 803 g/mol. The molecule has 2 aromatic rings. The van der Waals surface area contributed by atoms with E-state index in [0.29, 0.717) is 36.9 Å². The molecule has 17 heteroatoms. The van der Waals surface area contributed by atoms with Crippen LogP contribution in [-0.4, -0.2) is 80.7 Å². The number of ether oxygens (including phenoxy) is 3. The number of hydrogen-bond acceptors (Lipinski definition) is 11. The van der Waals surface area contributed by atoms with Gasteiger partial charge in [0.25, 0.3) is 10.0 Å². The maximum absolute atomic E-state index is 13.7. The van der Waals surface area contributed by atoms with E-state index in [1.165, 1.54) is 6.08 Å². The summed E-state index contributed by atoms with van der Waals surface area (Å²) in [6.45, 7) is 18.8. The number of nitrogens with two attached hydrogens (primary N) is 1. The molecule has 0 radical (unpaired) electrons. The van der Waals surface area contributed by atoms with Gasteiger partial charge in [0.05, 0.1) is 10.9 Å². The minimum absolute atomic E-state index is 0.00897. The zero-order valence-corrected chi connectivity index (χ0v) is 37.9. The Morgan fingerprint density at radius 3 is 2.25 bits per heavy atom. The fourth-order valence-electron chi connectivity index (χ4n) is 6.83. The van der Waals surface area contributed by atoms with Crippen LogP contribution in [0.3, 0.4) is 0 Å². The van der Waals surface area contributed by atoms with Gasteiger partial charge in [0.2, 0.25) is 17.8 Å². The molecule has 1 aliphatic rings. The van der Waals surface area contributed by atoms with Gasteiger partial charge in [-0.2, -0.15) is 0 Å². The number of hydrogen-bond donors (Lipinski definition) is 7. The van der Waals surface area contributed by atoms with Gasteiger partial charge in [0, 0.05) is 13.1 Å². The summed E-state index contributed by atoms with van der Waals surface area (Å²) in [6.07, 6.45) is 4.72. The summed E-state index contributed by atoms with van der Waals surface area (Å²) in [5.41, 5.74) is 8.71. The quantitative estimate of drug-likeness (QED) is 0.0290. The zero-order chi connectivity index (χ0) is 45.5. The van der Waals surface area contributed by atoms with E-state index in [2.05, 4.69) is 46.4 Å². The number of fused-ring (bicyclic) bond motifs is 1. The first-order valence-electron chi connectivity index (χ1n) is 20.9. The largest absolute Gasteiger partial charge is 0.487 e. The molecule has 4 atom stereocenters. The lowest BCUT2D eigenvalue weighted by Gasteiger charge is -2.37. The van der Waals surface area contributed by atoms with E-state index in [1.807, 2.05) is 25.1 Å². The highest BCUT2D eigenvalue weighted by Crippen LogP contribution is 2.43. The topological polar surface area (TPSA) is 240 Å². The average Bonchev–Trinajstić information content (AvgIpc) is 3.19. The summed E-state index contributed by atoms with van der Waals surface area (Å²) in [5, 5.41) is 19.2. The Hall–Kier alpha value is -5.16. The van der Waals surface area contributed by atoms with Gasteiger partial charge in [-0.15, -0.1) is 6.58 Å². The van der Waals surface area contributed by atoms with Gasteiger partial charge in [0.15, 0.2) is 0 Å². The lowest BCUT2D eigenvalue weighted by Crippen LogP contribution is -2.54. The predicted molar refractivity (Wildman–Crippen MR) is 235 cm³/mol. The van der Waals surface area contributed by atoms with Crippen LogP contribution in [0.2, 0.25) is 0 Å². The third kappa shape index (κ3) is 15.4. The van der Waals surface area contributed by atoms with Crippen LogP contribution in [0.1, 0.15) is 114 Å². The third-order valence-corrected chi connectivity index (χ3v) is 12.2. The van der Waals surface area contributed by atoms with Crippen molar-refractivity contribution < 1.29 is 41.8 Å². The summed E-state index contributed by atoms with van der Waals surface area (Å²) in [7, 11) is -4.18. The SMILES string of the molecule is C=CC[C@H](NC(=O)[C@@H](CCCNC(=N)NS(=O)(=O)c1c(C)c(C)c2c(c1C)CCC(C)(CC)O2)NC(=O)[C@H](N)CCCCNC(=O)OC(C)(C)C)C(=O)OCc1ccccc1. The van der Waals surface area contributed by atoms with Crippen LogP contribution < -0.4 is 36.5 Å². The molecule has 61 heavy (non-hydrogen) atoms. The van der Waals surface area contributed by atoms with Gasteiger partial charge in [-0.1, -0.05) is 43.3 Å². The molecule has 338 valence electrons. The monoisotopic (exact) mass is 869 g/mol. The first-order valence-corrected chi connectivity index (χ1v) is 22.4. The molecule has 8 N–H and O–H groups in total. The van der Waals surface area contributed by atoms with Crippen molar-refractivity contribution in [2.45, 2.75) is 154 Å². The maximum Gasteiger partial charge on any atom is 0.407 e. The van der Waals surface area contributed by atoms with E-state index in [1.54, 1.807) is 46.8 Å². The summed E-state index contributed by atoms with van der Waals surface area (Å²) < 4.78 is 46.9. The molecule has 0 saturated heterocycles. The van der Waals surface area contributed by atoms with Crippen molar-refractivity contribution in [3.63, 3.8) is 0 Å². The highest BCUT2D eigenvalue weighted by atomic mass is 32.2. The van der Waals surface area contributed by atoms with Gasteiger partial charge in [-0.3, -0.25) is 15.0 Å². The number of unbranched alkanes of at least 4 members (excludes halogenated alkanes) is 1. The van der Waals surface area contributed by atoms with E-state index in [9.17, 15) is 27.6 Å². The molecule has 0 spiro atoms. The van der Waals surface area contributed by atoms with E-state index in [0.717, 1.165) is 35.3 Å². The van der Waals surface area contributed by atoms with Crippen molar-refractivity contribution in [3.8, 4) is 5.75 Å². The van der Waals surface area contributed by atoms with Gasteiger partial charge < -0.3 is 41.2 Å². The van der Waals surface area contributed by atoms with Gasteiger partial charge in [0.1, 0.15) is 35.6 Å². The number of rotatable bonds is 21. The Balaban J connectivity index is 1.66. The molecule has 3 rings (SSSR count). The number of amides is 3. The van der Waals surface area contributed by atoms with E-state index in [4.69, 9.17) is 25.4 Å². The van der Waals surface area contributed by atoms with Crippen molar-refractivity contribution in [1.29, 1.82) is 5.41 Å². The normalized spacial score (nSPS) is 16.3. The molecule has 3 amide bonds. The second-order valence-corrected chi connectivity index (χ2v) is 18.4. The molecule has 0 aliphatic carbocycles. The van der Waals surface area contributed by atoms with Gasteiger partial charge >= 0.3 is 12.1 Å². The number of alkyl carbamates (subject to hydrolysis) is 1.